The summed E-state index contributed by atoms with van der Waals surface area (Å²) in [5, 5.41) is 12.6. The van der Waals surface area contributed by atoms with Gasteiger partial charge in [0.25, 0.3) is 0 Å². The molecular weight excluding hydrogens is 501 g/mol. The van der Waals surface area contributed by atoms with E-state index in [2.05, 4.69) is 45.1 Å². The number of piperazine rings is 1. The van der Waals surface area contributed by atoms with Crippen LogP contribution in [0.4, 0.5) is 10.2 Å². The maximum Gasteiger partial charge on any atom is 0.349 e. The third-order valence-corrected chi connectivity index (χ3v) is 8.56. The van der Waals surface area contributed by atoms with E-state index < -0.39 is 0 Å². The van der Waals surface area contributed by atoms with Crippen molar-refractivity contribution in [2.45, 2.75) is 50.7 Å². The normalized spacial score (nSPS) is 21.0. The minimum Gasteiger partial charge on any atom is -0.349 e. The summed E-state index contributed by atoms with van der Waals surface area (Å²) in [5.41, 5.74) is 3.27. The molecule has 6 rings (SSSR count). The highest BCUT2D eigenvalue weighted by molar-refractivity contribution is 7.09. The van der Waals surface area contributed by atoms with Crippen molar-refractivity contribution in [3.63, 3.8) is 0 Å². The van der Waals surface area contributed by atoms with Crippen molar-refractivity contribution in [2.24, 2.45) is 7.05 Å². The molecule has 0 bridgehead atoms. The molecule has 2 fully saturated rings. The summed E-state index contributed by atoms with van der Waals surface area (Å²) in [7, 11) is 1.66. The minimum absolute atomic E-state index is 0.00707. The Bertz CT molecular complexity index is 1600. The van der Waals surface area contributed by atoms with Crippen molar-refractivity contribution in [2.75, 3.05) is 18.0 Å². The lowest BCUT2D eigenvalue weighted by atomic mass is 9.99. The fraction of sp³-hybridized carbons (Fsp3) is 0.393. The summed E-state index contributed by atoms with van der Waals surface area (Å²) in [5.74, 6) is 0.806. The molecule has 3 atom stereocenters. The van der Waals surface area contributed by atoms with Crippen LogP contribution in [0, 0.1) is 17.1 Å². The van der Waals surface area contributed by atoms with Crippen LogP contribution >= 0.6 is 11.3 Å². The highest BCUT2D eigenvalue weighted by atomic mass is 32.1. The average molecular weight is 530 g/mol. The van der Waals surface area contributed by atoms with E-state index in [0.29, 0.717) is 35.9 Å². The molecule has 0 spiro atoms. The fourth-order valence-corrected chi connectivity index (χ4v) is 6.44. The lowest BCUT2D eigenvalue weighted by Gasteiger charge is -2.47. The van der Waals surface area contributed by atoms with E-state index in [1.807, 2.05) is 12.1 Å². The minimum atomic E-state index is -0.360. The molecule has 0 N–H and O–H groups in total. The van der Waals surface area contributed by atoms with Gasteiger partial charge < -0.3 is 4.90 Å². The molecule has 1 aliphatic carbocycles. The van der Waals surface area contributed by atoms with Crippen molar-refractivity contribution in [1.82, 2.24) is 24.4 Å². The zero-order chi connectivity index (χ0) is 26.6. The Morgan fingerprint density at radius 2 is 1.82 bits per heavy atom. The first-order valence-electron chi connectivity index (χ1n) is 12.8. The number of hydrogen-bond donors (Lipinski definition) is 0. The summed E-state index contributed by atoms with van der Waals surface area (Å²) >= 11 is 1.67. The molecule has 1 aromatic carbocycles. The van der Waals surface area contributed by atoms with Crippen molar-refractivity contribution >= 4 is 28.2 Å². The summed E-state index contributed by atoms with van der Waals surface area (Å²) in [6, 6.07) is 12.1. The first-order chi connectivity index (χ1) is 18.3. The maximum absolute atomic E-state index is 13.8. The van der Waals surface area contributed by atoms with E-state index in [1.165, 1.54) is 29.5 Å². The van der Waals surface area contributed by atoms with Crippen LogP contribution in [0.5, 0.6) is 0 Å². The average Bonchev–Trinajstić information content (AvgIpc) is 3.66. The van der Waals surface area contributed by atoms with Crippen LogP contribution in [0.2, 0.25) is 0 Å². The van der Waals surface area contributed by atoms with Crippen LogP contribution in [-0.4, -0.2) is 49.6 Å². The van der Waals surface area contributed by atoms with Crippen LogP contribution in [0.1, 0.15) is 60.6 Å². The van der Waals surface area contributed by atoms with E-state index in [9.17, 15) is 14.4 Å². The van der Waals surface area contributed by atoms with Gasteiger partial charge in [-0.3, -0.25) is 9.47 Å². The van der Waals surface area contributed by atoms with Gasteiger partial charge in [-0.25, -0.2) is 19.2 Å². The van der Waals surface area contributed by atoms with Crippen molar-refractivity contribution in [3.8, 4) is 6.07 Å². The van der Waals surface area contributed by atoms with Gasteiger partial charge in [0.1, 0.15) is 28.1 Å². The molecule has 0 amide bonds. The topological polar surface area (TPSA) is 90.9 Å². The number of nitrogens with zero attached hydrogens (tertiary/aromatic N) is 7. The second-order valence-electron chi connectivity index (χ2n) is 10.3. The number of rotatable bonds is 5. The number of pyridine rings is 1. The molecule has 38 heavy (non-hydrogen) atoms. The van der Waals surface area contributed by atoms with Crippen molar-refractivity contribution in [1.29, 1.82) is 5.26 Å². The number of aromatic nitrogens is 4. The van der Waals surface area contributed by atoms with E-state index in [4.69, 9.17) is 4.98 Å². The number of benzene rings is 1. The highest BCUT2D eigenvalue weighted by Gasteiger charge is 2.38. The van der Waals surface area contributed by atoms with Gasteiger partial charge in [-0.15, -0.1) is 11.3 Å². The number of fused-ring (bicyclic) bond motifs is 1. The smallest absolute Gasteiger partial charge is 0.349 e. The van der Waals surface area contributed by atoms with E-state index in [0.717, 1.165) is 16.3 Å². The first-order valence-corrected chi connectivity index (χ1v) is 13.7. The molecule has 1 unspecified atom stereocenters. The molecule has 8 nitrogen and oxygen atoms in total. The second-order valence-corrected chi connectivity index (χ2v) is 11.2. The molecule has 10 heteroatoms. The molecule has 2 aliphatic rings. The van der Waals surface area contributed by atoms with Gasteiger partial charge in [0.2, 0.25) is 0 Å². The molecule has 0 radical (unpaired) electrons. The molecule has 3 aromatic heterocycles. The maximum atomic E-state index is 13.8. The third-order valence-electron chi connectivity index (χ3n) is 7.64. The van der Waals surface area contributed by atoms with Gasteiger partial charge >= 0.3 is 5.69 Å². The third kappa shape index (κ3) is 4.36. The quantitative estimate of drug-likeness (QED) is 0.379. The number of anilines is 1. The number of nitriles is 1. The van der Waals surface area contributed by atoms with Gasteiger partial charge in [0.05, 0.1) is 17.3 Å². The lowest BCUT2D eigenvalue weighted by molar-refractivity contribution is 0.129. The van der Waals surface area contributed by atoms with Gasteiger partial charge in [0, 0.05) is 43.5 Å². The van der Waals surface area contributed by atoms with Crippen molar-refractivity contribution in [3.05, 3.63) is 80.0 Å². The Morgan fingerprint density at radius 3 is 2.53 bits per heavy atom. The SMILES string of the molecule is C[C@@H]1CN(c2nc(=O)n(C)c3ccc(C#N)nc23)[C@@H](C)CN1C(c1ccc(F)cc1)c1nc(C2CC2)cs1. The van der Waals surface area contributed by atoms with Gasteiger partial charge in [0.15, 0.2) is 5.82 Å². The number of thiazole rings is 1. The number of hydrogen-bond acceptors (Lipinski definition) is 8. The standard InChI is InChI=1S/C28H28FN7OS/c1-16-14-36(26-24-23(34(3)28(37)33-26)11-10-21(12-30)31-24)17(2)13-35(16)25(19-6-8-20(29)9-7-19)27-32-22(15-38-27)18-4-5-18/h6-11,15-18,25H,4-5,13-14H2,1-3H3/t16-,17+,25?/m1/s1. The Kier molecular flexibility index (Phi) is 6.20. The summed E-state index contributed by atoms with van der Waals surface area (Å²) < 4.78 is 15.3. The van der Waals surface area contributed by atoms with Crippen molar-refractivity contribution < 1.29 is 4.39 Å². The number of halogens is 1. The van der Waals surface area contributed by atoms with Crippen LogP contribution in [-0.2, 0) is 7.05 Å². The highest BCUT2D eigenvalue weighted by Crippen LogP contribution is 2.43. The van der Waals surface area contributed by atoms with E-state index in [-0.39, 0.29) is 35.3 Å². The summed E-state index contributed by atoms with van der Waals surface area (Å²) in [6.07, 6.45) is 2.38. The zero-order valence-electron chi connectivity index (χ0n) is 21.5. The van der Waals surface area contributed by atoms with E-state index in [1.54, 1.807) is 30.5 Å². The molecule has 4 heterocycles. The Morgan fingerprint density at radius 1 is 1.05 bits per heavy atom. The zero-order valence-corrected chi connectivity index (χ0v) is 22.3. The number of aryl methyl sites for hydroxylation is 1. The van der Waals surface area contributed by atoms with Gasteiger partial charge in [-0.2, -0.15) is 10.2 Å². The van der Waals surface area contributed by atoms with Gasteiger partial charge in [-0.05, 0) is 56.5 Å². The van der Waals surface area contributed by atoms with Crippen LogP contribution in [0.3, 0.4) is 0 Å². The predicted octanol–water partition coefficient (Wildman–Crippen LogP) is 4.36. The fourth-order valence-electron chi connectivity index (χ4n) is 5.39. The molecule has 1 saturated carbocycles. The molecule has 4 aromatic rings. The second kappa shape index (κ2) is 9.57. The Balaban J connectivity index is 1.38. The molecule has 1 saturated heterocycles. The summed E-state index contributed by atoms with van der Waals surface area (Å²) in [6.45, 7) is 5.55. The van der Waals surface area contributed by atoms with Crippen LogP contribution < -0.4 is 10.6 Å². The predicted molar refractivity (Wildman–Crippen MR) is 145 cm³/mol. The van der Waals surface area contributed by atoms with E-state index >= 15 is 0 Å². The first kappa shape index (κ1) is 24.6. The van der Waals surface area contributed by atoms with Gasteiger partial charge in [-0.1, -0.05) is 12.1 Å². The molecule has 1 aliphatic heterocycles. The largest absolute Gasteiger partial charge is 0.349 e. The van der Waals surface area contributed by atoms with Crippen LogP contribution in [0.15, 0.2) is 46.6 Å². The Labute approximate surface area is 224 Å². The molecule has 194 valence electrons. The monoisotopic (exact) mass is 529 g/mol. The summed E-state index contributed by atoms with van der Waals surface area (Å²) in [4.78, 5) is 31.3. The molecular formula is C28H28FN7OS. The lowest BCUT2D eigenvalue weighted by Crippen LogP contribution is -2.58. The van der Waals surface area contributed by atoms with Crippen LogP contribution in [0.25, 0.3) is 11.0 Å². The Hall–Kier alpha value is -3.68.